The molecule has 1 aromatic rings. The van der Waals surface area contributed by atoms with E-state index in [1.807, 2.05) is 0 Å². The van der Waals surface area contributed by atoms with Crippen LogP contribution < -0.4 is 5.32 Å². The molecule has 1 aliphatic heterocycles. The van der Waals surface area contributed by atoms with Crippen LogP contribution >= 0.6 is 0 Å². The van der Waals surface area contributed by atoms with Gasteiger partial charge in [0.15, 0.2) is 0 Å². The van der Waals surface area contributed by atoms with Crippen LogP contribution in [-0.4, -0.2) is 37.8 Å². The first kappa shape index (κ1) is 14.7. The van der Waals surface area contributed by atoms with Crippen LogP contribution in [0, 0.1) is 0 Å². The minimum Gasteiger partial charge on any atom is -0.351 e. The van der Waals surface area contributed by atoms with Gasteiger partial charge in [-0.2, -0.15) is 4.31 Å². The van der Waals surface area contributed by atoms with E-state index >= 15 is 0 Å². The van der Waals surface area contributed by atoms with E-state index in [1.165, 1.54) is 4.31 Å². The number of rotatable bonds is 5. The van der Waals surface area contributed by atoms with E-state index in [4.69, 9.17) is 0 Å². The minimum absolute atomic E-state index is 0.225. The average molecular weight is 294 g/mol. The molecule has 1 saturated heterocycles. The van der Waals surface area contributed by atoms with Crippen LogP contribution in [0.3, 0.4) is 0 Å². The van der Waals surface area contributed by atoms with Crippen LogP contribution in [0.4, 0.5) is 0 Å². The maximum Gasteiger partial charge on any atom is 0.243 e. The molecule has 1 fully saturated rings. The van der Waals surface area contributed by atoms with Gasteiger partial charge in [-0.15, -0.1) is 6.58 Å². The Kier molecular flexibility index (Phi) is 4.57. The fourth-order valence-corrected chi connectivity index (χ4v) is 3.99. The predicted octanol–water partition coefficient (Wildman–Crippen LogP) is 1.14. The minimum atomic E-state index is -3.61. The number of nitrogens with one attached hydrogen (secondary N) is 1. The van der Waals surface area contributed by atoms with Crippen molar-refractivity contribution in [2.24, 2.45) is 0 Å². The molecule has 1 atom stereocenters. The fourth-order valence-electron chi connectivity index (χ4n) is 2.31. The highest BCUT2D eigenvalue weighted by Gasteiger charge is 2.39. The van der Waals surface area contributed by atoms with Gasteiger partial charge in [-0.05, 0) is 25.0 Å². The van der Waals surface area contributed by atoms with Gasteiger partial charge < -0.3 is 5.32 Å². The number of carbonyl (C=O) groups excluding carboxylic acids is 1. The summed E-state index contributed by atoms with van der Waals surface area (Å²) in [5, 5.41) is 2.66. The van der Waals surface area contributed by atoms with E-state index in [-0.39, 0.29) is 10.8 Å². The molecule has 5 nitrogen and oxygen atoms in total. The lowest BCUT2D eigenvalue weighted by Gasteiger charge is -2.23. The lowest BCUT2D eigenvalue weighted by Crippen LogP contribution is -2.45. The maximum atomic E-state index is 12.5. The van der Waals surface area contributed by atoms with Gasteiger partial charge in [-0.25, -0.2) is 8.42 Å². The Morgan fingerprint density at radius 1 is 1.40 bits per heavy atom. The molecule has 6 heteroatoms. The quantitative estimate of drug-likeness (QED) is 0.828. The van der Waals surface area contributed by atoms with Gasteiger partial charge in [0, 0.05) is 13.1 Å². The van der Waals surface area contributed by atoms with Gasteiger partial charge in [0.05, 0.1) is 4.90 Å². The molecule has 0 bridgehead atoms. The third-order valence-corrected chi connectivity index (χ3v) is 5.20. The van der Waals surface area contributed by atoms with Crippen LogP contribution in [0.25, 0.3) is 0 Å². The number of hydrogen-bond acceptors (Lipinski definition) is 3. The number of carbonyl (C=O) groups is 1. The first-order valence-corrected chi connectivity index (χ1v) is 7.97. The highest BCUT2D eigenvalue weighted by atomic mass is 32.2. The van der Waals surface area contributed by atoms with Crippen molar-refractivity contribution in [2.75, 3.05) is 13.1 Å². The molecule has 0 spiro atoms. The summed E-state index contributed by atoms with van der Waals surface area (Å²) in [5.41, 5.74) is 0. The first-order chi connectivity index (χ1) is 9.57. The number of hydrogen-bond donors (Lipinski definition) is 1. The molecule has 0 saturated carbocycles. The van der Waals surface area contributed by atoms with E-state index in [2.05, 4.69) is 11.9 Å². The molecular weight excluding hydrogens is 276 g/mol. The zero-order chi connectivity index (χ0) is 14.6. The summed E-state index contributed by atoms with van der Waals surface area (Å²) in [6.45, 7) is 4.25. The van der Waals surface area contributed by atoms with Crippen molar-refractivity contribution < 1.29 is 13.2 Å². The van der Waals surface area contributed by atoms with E-state index in [0.29, 0.717) is 25.9 Å². The van der Waals surface area contributed by atoms with E-state index in [1.54, 1.807) is 36.4 Å². The van der Waals surface area contributed by atoms with Crippen molar-refractivity contribution in [2.45, 2.75) is 23.8 Å². The maximum absolute atomic E-state index is 12.5. The third-order valence-electron chi connectivity index (χ3n) is 3.28. The van der Waals surface area contributed by atoms with Crippen molar-refractivity contribution in [3.8, 4) is 0 Å². The standard InChI is InChI=1S/C14H18N2O3S/c1-2-10-15-14(17)13-9-6-11-16(13)20(18,19)12-7-4-3-5-8-12/h2-5,7-8,13H,1,6,9-11H2,(H,15,17)/t13-/m1/s1. The van der Waals surface area contributed by atoms with Gasteiger partial charge in [-0.1, -0.05) is 24.3 Å². The fraction of sp³-hybridized carbons (Fsp3) is 0.357. The van der Waals surface area contributed by atoms with Crippen LogP contribution in [0.2, 0.25) is 0 Å². The van der Waals surface area contributed by atoms with Crippen molar-refractivity contribution in [3.63, 3.8) is 0 Å². The van der Waals surface area contributed by atoms with E-state index in [0.717, 1.165) is 0 Å². The Bertz CT molecular complexity index is 584. The van der Waals surface area contributed by atoms with Gasteiger partial charge in [0.25, 0.3) is 0 Å². The molecule has 1 amide bonds. The second kappa shape index (κ2) is 6.19. The normalized spacial score (nSPS) is 19.7. The Morgan fingerprint density at radius 3 is 2.75 bits per heavy atom. The molecule has 1 heterocycles. The highest BCUT2D eigenvalue weighted by Crippen LogP contribution is 2.25. The van der Waals surface area contributed by atoms with Crippen molar-refractivity contribution in [1.29, 1.82) is 0 Å². The first-order valence-electron chi connectivity index (χ1n) is 6.53. The summed E-state index contributed by atoms with van der Waals surface area (Å²) in [5.74, 6) is -0.262. The molecule has 0 aliphatic carbocycles. The highest BCUT2D eigenvalue weighted by molar-refractivity contribution is 7.89. The lowest BCUT2D eigenvalue weighted by atomic mass is 10.2. The topological polar surface area (TPSA) is 66.5 Å². The van der Waals surface area contributed by atoms with Crippen LogP contribution in [-0.2, 0) is 14.8 Å². The molecule has 1 N–H and O–H groups in total. The number of sulfonamides is 1. The summed E-state index contributed by atoms with van der Waals surface area (Å²) in [6, 6.07) is 7.58. The predicted molar refractivity (Wildman–Crippen MR) is 76.6 cm³/mol. The molecule has 0 radical (unpaired) electrons. The van der Waals surface area contributed by atoms with Gasteiger partial charge in [0.2, 0.25) is 15.9 Å². The zero-order valence-corrected chi connectivity index (χ0v) is 12.0. The van der Waals surface area contributed by atoms with Crippen molar-refractivity contribution in [3.05, 3.63) is 43.0 Å². The third kappa shape index (κ3) is 2.91. The Balaban J connectivity index is 2.22. The Labute approximate surface area is 119 Å². The molecule has 20 heavy (non-hydrogen) atoms. The monoisotopic (exact) mass is 294 g/mol. The Hall–Kier alpha value is -1.66. The average Bonchev–Trinajstić information content (AvgIpc) is 2.96. The number of amides is 1. The van der Waals surface area contributed by atoms with Gasteiger partial charge in [-0.3, -0.25) is 4.79 Å². The van der Waals surface area contributed by atoms with Crippen LogP contribution in [0.1, 0.15) is 12.8 Å². The van der Waals surface area contributed by atoms with Crippen molar-refractivity contribution >= 4 is 15.9 Å². The van der Waals surface area contributed by atoms with E-state index in [9.17, 15) is 13.2 Å². The molecular formula is C14H18N2O3S. The second-order valence-corrected chi connectivity index (χ2v) is 6.51. The molecule has 108 valence electrons. The van der Waals surface area contributed by atoms with Crippen LogP contribution in [0.5, 0.6) is 0 Å². The zero-order valence-electron chi connectivity index (χ0n) is 11.2. The molecule has 1 aromatic carbocycles. The van der Waals surface area contributed by atoms with E-state index < -0.39 is 16.1 Å². The number of nitrogens with zero attached hydrogens (tertiary/aromatic N) is 1. The molecule has 1 aliphatic rings. The SMILES string of the molecule is C=CCNC(=O)[C@H]1CCCN1S(=O)(=O)c1ccccc1. The lowest BCUT2D eigenvalue weighted by molar-refractivity contribution is -0.123. The molecule has 0 unspecified atom stereocenters. The smallest absolute Gasteiger partial charge is 0.243 e. The van der Waals surface area contributed by atoms with Gasteiger partial charge >= 0.3 is 0 Å². The van der Waals surface area contributed by atoms with Crippen LogP contribution in [0.15, 0.2) is 47.9 Å². The molecule has 0 aromatic heterocycles. The van der Waals surface area contributed by atoms with Crippen molar-refractivity contribution in [1.82, 2.24) is 9.62 Å². The Morgan fingerprint density at radius 2 is 2.10 bits per heavy atom. The summed E-state index contributed by atoms with van der Waals surface area (Å²) >= 11 is 0. The molecule has 2 rings (SSSR count). The summed E-state index contributed by atoms with van der Waals surface area (Å²) in [4.78, 5) is 12.3. The summed E-state index contributed by atoms with van der Waals surface area (Å²) in [6.07, 6.45) is 2.82. The number of benzene rings is 1. The summed E-state index contributed by atoms with van der Waals surface area (Å²) in [7, 11) is -3.61. The largest absolute Gasteiger partial charge is 0.351 e. The summed E-state index contributed by atoms with van der Waals surface area (Å²) < 4.78 is 26.4. The second-order valence-electron chi connectivity index (χ2n) is 4.62. The van der Waals surface area contributed by atoms with Gasteiger partial charge in [0.1, 0.15) is 6.04 Å².